The molecule has 9 heteroatoms. The van der Waals surface area contributed by atoms with Gasteiger partial charge in [-0.05, 0) is 6.42 Å². The smallest absolute Gasteiger partial charge is 0.326 e. The van der Waals surface area contributed by atoms with Crippen LogP contribution in [0, 0.1) is 0 Å². The van der Waals surface area contributed by atoms with Gasteiger partial charge in [0.25, 0.3) is 0 Å². The predicted octanol–water partition coefficient (Wildman–Crippen LogP) is -1.76. The number of amides is 4. The Labute approximate surface area is 115 Å². The first-order valence-corrected chi connectivity index (χ1v) is 6.11. The standard InChI is InChI=1S/C11H18N4O5/c1-15-5-6(2-3-9(15)17)13-11(20)14-7(10(18)19)4-8(12)16/h6-7H,2-5H2,1H3,(H2,12,16)(H,18,19)(H2,13,14,20)/t6?,7-/m1/s1. The lowest BCUT2D eigenvalue weighted by molar-refractivity contribution is -0.140. The van der Waals surface area contributed by atoms with E-state index in [0.717, 1.165) is 0 Å². The molecule has 1 aliphatic heterocycles. The van der Waals surface area contributed by atoms with Gasteiger partial charge < -0.3 is 26.4 Å². The Balaban J connectivity index is 2.47. The molecule has 5 N–H and O–H groups in total. The lowest BCUT2D eigenvalue weighted by atomic mass is 10.1. The molecule has 0 spiro atoms. The maximum absolute atomic E-state index is 11.7. The third-order valence-corrected chi connectivity index (χ3v) is 2.97. The van der Waals surface area contributed by atoms with Crippen molar-refractivity contribution in [3.05, 3.63) is 0 Å². The molecule has 4 amide bonds. The zero-order valence-corrected chi connectivity index (χ0v) is 11.1. The van der Waals surface area contributed by atoms with E-state index >= 15 is 0 Å². The number of likely N-dealkylation sites (N-methyl/N-ethyl adjacent to an activating group) is 1. The van der Waals surface area contributed by atoms with Crippen LogP contribution in [0.3, 0.4) is 0 Å². The van der Waals surface area contributed by atoms with E-state index in [1.54, 1.807) is 7.05 Å². The lowest BCUT2D eigenvalue weighted by Crippen LogP contribution is -2.54. The molecule has 9 nitrogen and oxygen atoms in total. The van der Waals surface area contributed by atoms with Crippen LogP contribution in [0.5, 0.6) is 0 Å². The first kappa shape index (κ1) is 15.7. The van der Waals surface area contributed by atoms with E-state index < -0.39 is 30.4 Å². The summed E-state index contributed by atoms with van der Waals surface area (Å²) in [5.41, 5.74) is 4.91. The van der Waals surface area contributed by atoms with Crippen molar-refractivity contribution in [3.63, 3.8) is 0 Å². The van der Waals surface area contributed by atoms with Crippen LogP contribution < -0.4 is 16.4 Å². The zero-order chi connectivity index (χ0) is 15.3. The lowest BCUT2D eigenvalue weighted by Gasteiger charge is -2.30. The van der Waals surface area contributed by atoms with Crippen molar-refractivity contribution in [1.29, 1.82) is 0 Å². The van der Waals surface area contributed by atoms with E-state index in [1.165, 1.54) is 4.90 Å². The maximum atomic E-state index is 11.7. The summed E-state index contributed by atoms with van der Waals surface area (Å²) in [6.07, 6.45) is 0.334. The molecular weight excluding hydrogens is 268 g/mol. The number of urea groups is 1. The molecule has 1 rings (SSSR count). The molecular formula is C11H18N4O5. The molecule has 0 aromatic carbocycles. The number of likely N-dealkylation sites (tertiary alicyclic amines) is 1. The Hall–Kier alpha value is -2.32. The van der Waals surface area contributed by atoms with Crippen molar-refractivity contribution in [2.75, 3.05) is 13.6 Å². The van der Waals surface area contributed by atoms with Crippen molar-refractivity contribution in [3.8, 4) is 0 Å². The Morgan fingerprint density at radius 2 is 2.15 bits per heavy atom. The van der Waals surface area contributed by atoms with Gasteiger partial charge in [-0.3, -0.25) is 9.59 Å². The Morgan fingerprint density at radius 1 is 1.50 bits per heavy atom. The topological polar surface area (TPSA) is 142 Å². The van der Waals surface area contributed by atoms with Gasteiger partial charge in [0.15, 0.2) is 0 Å². The highest BCUT2D eigenvalue weighted by molar-refractivity contribution is 5.87. The summed E-state index contributed by atoms with van der Waals surface area (Å²) in [7, 11) is 1.63. The van der Waals surface area contributed by atoms with Crippen LogP contribution >= 0.6 is 0 Å². The van der Waals surface area contributed by atoms with Gasteiger partial charge in [-0.2, -0.15) is 0 Å². The van der Waals surface area contributed by atoms with Gasteiger partial charge in [-0.15, -0.1) is 0 Å². The number of nitrogens with two attached hydrogens (primary N) is 1. The first-order valence-electron chi connectivity index (χ1n) is 6.11. The maximum Gasteiger partial charge on any atom is 0.326 e. The van der Waals surface area contributed by atoms with Crippen molar-refractivity contribution in [2.45, 2.75) is 31.3 Å². The highest BCUT2D eigenvalue weighted by Gasteiger charge is 2.26. The monoisotopic (exact) mass is 286 g/mol. The molecule has 20 heavy (non-hydrogen) atoms. The Kier molecular flexibility index (Phi) is 5.30. The number of rotatable bonds is 5. The largest absolute Gasteiger partial charge is 0.480 e. The molecule has 1 fully saturated rings. The van der Waals surface area contributed by atoms with E-state index in [-0.39, 0.29) is 11.9 Å². The average Bonchev–Trinajstić information content (AvgIpc) is 2.32. The highest BCUT2D eigenvalue weighted by atomic mass is 16.4. The summed E-state index contributed by atoms with van der Waals surface area (Å²) >= 11 is 0. The van der Waals surface area contributed by atoms with Crippen molar-refractivity contribution >= 4 is 23.8 Å². The second-order valence-corrected chi connectivity index (χ2v) is 4.69. The number of carboxylic acid groups (broad SMARTS) is 1. The van der Waals surface area contributed by atoms with E-state index in [9.17, 15) is 19.2 Å². The van der Waals surface area contributed by atoms with E-state index in [1.807, 2.05) is 0 Å². The molecule has 0 bridgehead atoms. The molecule has 2 atom stereocenters. The Bertz CT molecular complexity index is 425. The summed E-state index contributed by atoms with van der Waals surface area (Å²) < 4.78 is 0. The number of carbonyl (C=O) groups is 4. The third-order valence-electron chi connectivity index (χ3n) is 2.97. The second-order valence-electron chi connectivity index (χ2n) is 4.69. The van der Waals surface area contributed by atoms with Crippen molar-refractivity contribution in [2.24, 2.45) is 5.73 Å². The minimum absolute atomic E-state index is 0.000555. The quantitative estimate of drug-likeness (QED) is 0.473. The molecule has 1 heterocycles. The van der Waals surface area contributed by atoms with Gasteiger partial charge in [-0.25, -0.2) is 9.59 Å². The number of piperidine rings is 1. The fourth-order valence-electron chi connectivity index (χ4n) is 1.92. The van der Waals surface area contributed by atoms with Crippen LogP contribution in [0.1, 0.15) is 19.3 Å². The summed E-state index contributed by atoms with van der Waals surface area (Å²) in [5, 5.41) is 13.6. The first-order chi connectivity index (χ1) is 9.29. The molecule has 0 aromatic rings. The minimum Gasteiger partial charge on any atom is -0.480 e. The third kappa shape index (κ3) is 4.75. The molecule has 0 radical (unpaired) electrons. The fourth-order valence-corrected chi connectivity index (χ4v) is 1.92. The van der Waals surface area contributed by atoms with Gasteiger partial charge in [0.2, 0.25) is 11.8 Å². The van der Waals surface area contributed by atoms with E-state index in [4.69, 9.17) is 10.8 Å². The van der Waals surface area contributed by atoms with Gasteiger partial charge in [-0.1, -0.05) is 0 Å². The fraction of sp³-hybridized carbons (Fsp3) is 0.636. The minimum atomic E-state index is -1.37. The highest BCUT2D eigenvalue weighted by Crippen LogP contribution is 2.09. The average molecular weight is 286 g/mol. The predicted molar refractivity (Wildman–Crippen MR) is 67.6 cm³/mol. The summed E-state index contributed by atoms with van der Waals surface area (Å²) in [4.78, 5) is 46.0. The van der Waals surface area contributed by atoms with Gasteiger partial charge in [0.1, 0.15) is 6.04 Å². The normalized spacial score (nSPS) is 20.1. The zero-order valence-electron chi connectivity index (χ0n) is 11.1. The Morgan fingerprint density at radius 3 is 2.65 bits per heavy atom. The summed E-state index contributed by atoms with van der Waals surface area (Å²) in [6, 6.07) is -2.32. The number of hydrogen-bond donors (Lipinski definition) is 4. The van der Waals surface area contributed by atoms with Crippen LogP contribution in [-0.4, -0.2) is 59.5 Å². The van der Waals surface area contributed by atoms with Crippen LogP contribution in [0.25, 0.3) is 0 Å². The van der Waals surface area contributed by atoms with Gasteiger partial charge in [0.05, 0.1) is 6.42 Å². The molecule has 0 saturated carbocycles. The number of hydrogen-bond acceptors (Lipinski definition) is 4. The van der Waals surface area contributed by atoms with Crippen LogP contribution in [0.15, 0.2) is 0 Å². The molecule has 1 unspecified atom stereocenters. The summed E-state index contributed by atoms with van der Waals surface area (Å²) in [5.74, 6) is -2.16. The number of carbonyl (C=O) groups excluding carboxylic acids is 3. The van der Waals surface area contributed by atoms with Crippen molar-refractivity contribution < 1.29 is 24.3 Å². The molecule has 1 saturated heterocycles. The summed E-state index contributed by atoms with van der Waals surface area (Å²) in [6.45, 7) is 0.361. The van der Waals surface area contributed by atoms with E-state index in [2.05, 4.69) is 10.6 Å². The number of nitrogens with one attached hydrogen (secondary N) is 2. The SMILES string of the molecule is CN1CC(NC(=O)N[C@H](CC(N)=O)C(=O)O)CCC1=O. The number of aliphatic carboxylic acids is 1. The van der Waals surface area contributed by atoms with Crippen LogP contribution in [-0.2, 0) is 14.4 Å². The number of carboxylic acids is 1. The molecule has 0 aromatic heterocycles. The van der Waals surface area contributed by atoms with Gasteiger partial charge >= 0.3 is 12.0 Å². The molecule has 0 aliphatic carbocycles. The van der Waals surface area contributed by atoms with Crippen LogP contribution in [0.2, 0.25) is 0 Å². The van der Waals surface area contributed by atoms with Crippen molar-refractivity contribution in [1.82, 2.24) is 15.5 Å². The van der Waals surface area contributed by atoms with Gasteiger partial charge in [0, 0.05) is 26.1 Å². The van der Waals surface area contributed by atoms with Crippen LogP contribution in [0.4, 0.5) is 4.79 Å². The number of nitrogens with zero attached hydrogens (tertiary/aromatic N) is 1. The molecule has 1 aliphatic rings. The number of primary amides is 1. The van der Waals surface area contributed by atoms with E-state index in [0.29, 0.717) is 19.4 Å². The molecule has 112 valence electrons. The second kappa shape index (κ2) is 6.73.